The van der Waals surface area contributed by atoms with E-state index in [0.717, 1.165) is 5.56 Å². The van der Waals surface area contributed by atoms with Crippen molar-refractivity contribution in [2.45, 2.75) is 30.7 Å². The van der Waals surface area contributed by atoms with Crippen molar-refractivity contribution in [1.29, 1.82) is 0 Å². The van der Waals surface area contributed by atoms with Gasteiger partial charge in [-0.25, -0.2) is 4.79 Å². The Hall–Kier alpha value is -2.91. The van der Waals surface area contributed by atoms with Crippen molar-refractivity contribution in [3.8, 4) is 11.5 Å². The normalized spacial score (nSPS) is 26.9. The van der Waals surface area contributed by atoms with Crippen LogP contribution in [-0.2, 0) is 14.3 Å². The van der Waals surface area contributed by atoms with E-state index >= 15 is 0 Å². The van der Waals surface area contributed by atoms with E-state index < -0.39 is 36.7 Å². The average Bonchev–Trinajstić information content (AvgIpc) is 2.74. The van der Waals surface area contributed by atoms with Crippen LogP contribution in [0.2, 0.25) is 0 Å². The summed E-state index contributed by atoms with van der Waals surface area (Å²) < 4.78 is 16.0. The molecule has 5 atom stereocenters. The summed E-state index contributed by atoms with van der Waals surface area (Å²) >= 11 is 0. The average molecular weight is 402 g/mol. The minimum absolute atomic E-state index is 0.0336. The molecule has 0 spiro atoms. The molecule has 0 radical (unpaired) electrons. The molecule has 0 aliphatic carbocycles. The smallest absolute Gasteiger partial charge is 0.330 e. The molecule has 2 aromatic carbocycles. The van der Waals surface area contributed by atoms with Gasteiger partial charge in [0.15, 0.2) is 0 Å². The Bertz CT molecular complexity index is 820. The van der Waals surface area contributed by atoms with E-state index in [1.807, 2.05) is 30.3 Å². The molecule has 3 rings (SSSR count). The van der Waals surface area contributed by atoms with Gasteiger partial charge in [-0.05, 0) is 35.9 Å². The molecular weight excluding hydrogens is 380 g/mol. The number of rotatable bonds is 6. The zero-order valence-electron chi connectivity index (χ0n) is 15.4. The van der Waals surface area contributed by atoms with Gasteiger partial charge in [0.25, 0.3) is 0 Å². The standard InChI is InChI=1S/C21H22O8/c22-14-7-9-15(10-8-14)28-21-20(26)19(25)18(24)16(29-21)12-27-17(23)11-6-13-4-2-1-3-5-13/h1-11,16,18-22,24-26H,12H2. The maximum Gasteiger partial charge on any atom is 0.330 e. The molecular formula is C21H22O8. The van der Waals surface area contributed by atoms with Crippen LogP contribution in [0.1, 0.15) is 5.56 Å². The van der Waals surface area contributed by atoms with E-state index in [-0.39, 0.29) is 18.1 Å². The van der Waals surface area contributed by atoms with Gasteiger partial charge in [0.1, 0.15) is 42.5 Å². The molecule has 4 N–H and O–H groups in total. The maximum atomic E-state index is 11.9. The van der Waals surface area contributed by atoms with Gasteiger partial charge in [0.2, 0.25) is 6.29 Å². The fourth-order valence-corrected chi connectivity index (χ4v) is 2.75. The second-order valence-corrected chi connectivity index (χ2v) is 6.50. The van der Waals surface area contributed by atoms with Crippen molar-refractivity contribution in [2.75, 3.05) is 6.61 Å². The Morgan fingerprint density at radius 3 is 2.34 bits per heavy atom. The van der Waals surface area contributed by atoms with Crippen LogP contribution in [0.25, 0.3) is 6.08 Å². The maximum absolute atomic E-state index is 11.9. The summed E-state index contributed by atoms with van der Waals surface area (Å²) in [6.45, 7) is -0.349. The van der Waals surface area contributed by atoms with E-state index in [0.29, 0.717) is 0 Å². The number of hydrogen-bond donors (Lipinski definition) is 4. The van der Waals surface area contributed by atoms with Crippen molar-refractivity contribution in [2.24, 2.45) is 0 Å². The second kappa shape index (κ2) is 9.53. The molecule has 1 saturated heterocycles. The molecule has 1 fully saturated rings. The molecule has 0 bridgehead atoms. The number of benzene rings is 2. The predicted molar refractivity (Wildman–Crippen MR) is 102 cm³/mol. The number of phenols is 1. The van der Waals surface area contributed by atoms with Gasteiger partial charge in [-0.2, -0.15) is 0 Å². The monoisotopic (exact) mass is 402 g/mol. The topological polar surface area (TPSA) is 126 Å². The summed E-state index contributed by atoms with van der Waals surface area (Å²) in [4.78, 5) is 11.9. The summed E-state index contributed by atoms with van der Waals surface area (Å²) in [7, 11) is 0. The third-order valence-electron chi connectivity index (χ3n) is 4.36. The van der Waals surface area contributed by atoms with Gasteiger partial charge in [-0.3, -0.25) is 0 Å². The van der Waals surface area contributed by atoms with Crippen molar-refractivity contribution in [1.82, 2.24) is 0 Å². The zero-order chi connectivity index (χ0) is 20.8. The highest BCUT2D eigenvalue weighted by Crippen LogP contribution is 2.25. The minimum atomic E-state index is -1.56. The molecule has 0 aromatic heterocycles. The van der Waals surface area contributed by atoms with E-state index in [1.165, 1.54) is 30.3 Å². The zero-order valence-corrected chi connectivity index (χ0v) is 15.4. The molecule has 0 amide bonds. The Balaban J connectivity index is 1.58. The number of aliphatic hydroxyl groups is 3. The third-order valence-corrected chi connectivity index (χ3v) is 4.36. The number of esters is 1. The lowest BCUT2D eigenvalue weighted by Gasteiger charge is -2.39. The molecule has 154 valence electrons. The number of aliphatic hydroxyl groups excluding tert-OH is 3. The summed E-state index contributed by atoms with van der Waals surface area (Å²) in [5, 5.41) is 39.6. The van der Waals surface area contributed by atoms with Crippen LogP contribution in [0.4, 0.5) is 0 Å². The lowest BCUT2D eigenvalue weighted by atomic mass is 9.99. The van der Waals surface area contributed by atoms with E-state index in [1.54, 1.807) is 6.08 Å². The fraction of sp³-hybridized carbons (Fsp3) is 0.286. The first kappa shape index (κ1) is 20.8. The van der Waals surface area contributed by atoms with Crippen LogP contribution in [0.15, 0.2) is 60.7 Å². The first-order valence-corrected chi connectivity index (χ1v) is 8.99. The van der Waals surface area contributed by atoms with Gasteiger partial charge in [-0.1, -0.05) is 30.3 Å². The van der Waals surface area contributed by atoms with Crippen LogP contribution in [0.3, 0.4) is 0 Å². The molecule has 29 heavy (non-hydrogen) atoms. The number of aromatic hydroxyl groups is 1. The fourth-order valence-electron chi connectivity index (χ4n) is 2.75. The van der Waals surface area contributed by atoms with Gasteiger partial charge < -0.3 is 34.6 Å². The van der Waals surface area contributed by atoms with E-state index in [4.69, 9.17) is 14.2 Å². The SMILES string of the molecule is O=C(C=Cc1ccccc1)OCC1OC(Oc2ccc(O)cc2)C(O)C(O)C1O. The van der Waals surface area contributed by atoms with Crippen molar-refractivity contribution in [3.05, 3.63) is 66.2 Å². The van der Waals surface area contributed by atoms with Gasteiger partial charge in [0.05, 0.1) is 0 Å². The summed E-state index contributed by atoms with van der Waals surface area (Å²) in [5.74, 6) is -0.343. The van der Waals surface area contributed by atoms with Crippen molar-refractivity contribution < 1.29 is 39.4 Å². The number of carbonyl (C=O) groups is 1. The first-order valence-electron chi connectivity index (χ1n) is 8.99. The Labute approximate surface area is 167 Å². The van der Waals surface area contributed by atoms with Gasteiger partial charge >= 0.3 is 5.97 Å². The summed E-state index contributed by atoms with van der Waals surface area (Å²) in [6.07, 6.45) is -4.16. The van der Waals surface area contributed by atoms with Gasteiger partial charge in [-0.15, -0.1) is 0 Å². The summed E-state index contributed by atoms with van der Waals surface area (Å²) in [5.41, 5.74) is 0.819. The van der Waals surface area contributed by atoms with Crippen LogP contribution in [0.5, 0.6) is 11.5 Å². The highest BCUT2D eigenvalue weighted by Gasteiger charge is 2.45. The molecule has 1 aliphatic rings. The summed E-state index contributed by atoms with van der Waals surface area (Å²) in [6, 6.07) is 14.8. The van der Waals surface area contributed by atoms with Crippen LogP contribution >= 0.6 is 0 Å². The molecule has 1 aliphatic heterocycles. The Morgan fingerprint density at radius 1 is 0.966 bits per heavy atom. The number of phenolic OH excluding ortho intramolecular Hbond substituents is 1. The largest absolute Gasteiger partial charge is 0.508 e. The lowest BCUT2D eigenvalue weighted by molar-refractivity contribution is -0.278. The number of ether oxygens (including phenoxy) is 3. The van der Waals surface area contributed by atoms with Crippen LogP contribution in [0, 0.1) is 0 Å². The molecule has 1 heterocycles. The predicted octanol–water partition coefficient (Wildman–Crippen LogP) is 0.835. The third kappa shape index (κ3) is 5.55. The van der Waals surface area contributed by atoms with Crippen LogP contribution in [-0.4, -0.2) is 63.7 Å². The highest BCUT2D eigenvalue weighted by molar-refractivity contribution is 5.87. The number of carbonyl (C=O) groups excluding carboxylic acids is 1. The van der Waals surface area contributed by atoms with Gasteiger partial charge in [0, 0.05) is 6.08 Å². The van der Waals surface area contributed by atoms with E-state index in [9.17, 15) is 25.2 Å². The molecule has 0 saturated carbocycles. The molecule has 2 aromatic rings. The molecule has 8 heteroatoms. The molecule has 5 unspecified atom stereocenters. The van der Waals surface area contributed by atoms with Crippen LogP contribution < -0.4 is 4.74 Å². The highest BCUT2D eigenvalue weighted by atomic mass is 16.7. The van der Waals surface area contributed by atoms with Crippen molar-refractivity contribution in [3.63, 3.8) is 0 Å². The number of hydrogen-bond acceptors (Lipinski definition) is 8. The van der Waals surface area contributed by atoms with Crippen molar-refractivity contribution >= 4 is 12.0 Å². The lowest BCUT2D eigenvalue weighted by Crippen LogP contribution is -2.60. The minimum Gasteiger partial charge on any atom is -0.508 e. The Kier molecular flexibility index (Phi) is 6.84. The van der Waals surface area contributed by atoms with E-state index in [2.05, 4.69) is 0 Å². The Morgan fingerprint density at radius 2 is 1.66 bits per heavy atom. The molecule has 8 nitrogen and oxygen atoms in total. The second-order valence-electron chi connectivity index (χ2n) is 6.50. The quantitative estimate of drug-likeness (QED) is 0.414. The first-order chi connectivity index (χ1) is 13.9.